The molecule has 1 aromatic heterocycles. The van der Waals surface area contributed by atoms with Gasteiger partial charge in [-0.25, -0.2) is 0 Å². The number of hydrogen-bond donors (Lipinski definition) is 2. The van der Waals surface area contributed by atoms with Gasteiger partial charge in [0.25, 0.3) is 5.91 Å². The van der Waals surface area contributed by atoms with Gasteiger partial charge in [0, 0.05) is 30.3 Å². The first-order valence-corrected chi connectivity index (χ1v) is 10.2. The maximum Gasteiger partial charge on any atom is 0.251 e. The zero-order valence-electron chi connectivity index (χ0n) is 16.6. The van der Waals surface area contributed by atoms with E-state index in [-0.39, 0.29) is 17.7 Å². The van der Waals surface area contributed by atoms with Crippen molar-refractivity contribution in [1.82, 2.24) is 10.2 Å². The van der Waals surface area contributed by atoms with Crippen LogP contribution in [0.1, 0.15) is 35.2 Å². The van der Waals surface area contributed by atoms with Crippen LogP contribution in [0.4, 0.5) is 5.69 Å². The Hall–Kier alpha value is -2.64. The Labute approximate surface area is 170 Å². The summed E-state index contributed by atoms with van der Waals surface area (Å²) in [5.74, 6) is 1.97. The average molecular weight is 397 g/mol. The molecule has 0 bridgehead atoms. The third-order valence-corrected chi connectivity index (χ3v) is 5.46. The van der Waals surface area contributed by atoms with E-state index in [0.717, 1.165) is 45.0 Å². The molecule has 154 valence electrons. The highest BCUT2D eigenvalue weighted by molar-refractivity contribution is 5.98. The highest BCUT2D eigenvalue weighted by Gasteiger charge is 2.39. The van der Waals surface area contributed by atoms with Gasteiger partial charge in [0.2, 0.25) is 5.91 Å². The van der Waals surface area contributed by atoms with Crippen molar-refractivity contribution in [2.24, 2.45) is 11.8 Å². The molecule has 2 unspecified atom stereocenters. The number of furan rings is 1. The van der Waals surface area contributed by atoms with Gasteiger partial charge in [-0.1, -0.05) is 13.0 Å². The summed E-state index contributed by atoms with van der Waals surface area (Å²) < 4.78 is 11.2. The van der Waals surface area contributed by atoms with Crippen LogP contribution >= 0.6 is 0 Å². The molecule has 2 fully saturated rings. The van der Waals surface area contributed by atoms with E-state index in [2.05, 4.69) is 22.5 Å². The minimum atomic E-state index is -0.202. The lowest BCUT2D eigenvalue weighted by atomic mass is 10.2. The fourth-order valence-corrected chi connectivity index (χ4v) is 3.51. The molecule has 1 saturated heterocycles. The lowest BCUT2D eigenvalue weighted by Gasteiger charge is -2.25. The van der Waals surface area contributed by atoms with Crippen molar-refractivity contribution in [3.63, 3.8) is 0 Å². The predicted octanol–water partition coefficient (Wildman–Crippen LogP) is 2.64. The van der Waals surface area contributed by atoms with Crippen LogP contribution in [0.25, 0.3) is 0 Å². The number of nitrogens with one attached hydrogen (secondary N) is 2. The second-order valence-corrected chi connectivity index (χ2v) is 7.83. The zero-order chi connectivity index (χ0) is 20.2. The first kappa shape index (κ1) is 19.7. The molecule has 1 aromatic carbocycles. The van der Waals surface area contributed by atoms with E-state index >= 15 is 0 Å². The van der Waals surface area contributed by atoms with E-state index < -0.39 is 0 Å². The van der Waals surface area contributed by atoms with Gasteiger partial charge in [0.1, 0.15) is 11.5 Å². The molecule has 2 N–H and O–H groups in total. The molecule has 7 nitrogen and oxygen atoms in total. The lowest BCUT2D eigenvalue weighted by molar-refractivity contribution is -0.117. The molecule has 2 aromatic rings. The van der Waals surface area contributed by atoms with E-state index in [1.54, 1.807) is 24.3 Å². The van der Waals surface area contributed by atoms with Crippen molar-refractivity contribution in [1.29, 1.82) is 0 Å². The number of amides is 2. The van der Waals surface area contributed by atoms with E-state index in [9.17, 15) is 9.59 Å². The molecular weight excluding hydrogens is 370 g/mol. The van der Waals surface area contributed by atoms with Crippen LogP contribution < -0.4 is 10.6 Å². The number of carbonyl (C=O) groups excluding carboxylic acids is 2. The Morgan fingerprint density at radius 3 is 2.66 bits per heavy atom. The maximum absolute atomic E-state index is 12.5. The quantitative estimate of drug-likeness (QED) is 0.750. The summed E-state index contributed by atoms with van der Waals surface area (Å²) in [6.07, 6.45) is 0.933. The second kappa shape index (κ2) is 8.80. The molecule has 2 heterocycles. The number of ether oxygens (including phenoxy) is 1. The van der Waals surface area contributed by atoms with Gasteiger partial charge in [-0.05, 0) is 42.7 Å². The molecule has 2 aliphatic rings. The summed E-state index contributed by atoms with van der Waals surface area (Å²) in [4.78, 5) is 26.9. The van der Waals surface area contributed by atoms with E-state index in [1.807, 2.05) is 12.1 Å². The molecule has 7 heteroatoms. The fraction of sp³-hybridized carbons (Fsp3) is 0.455. The minimum Gasteiger partial charge on any atom is -0.463 e. The Bertz CT molecular complexity index is 872. The molecular formula is C22H27N3O4. The number of rotatable bonds is 7. The highest BCUT2D eigenvalue weighted by Crippen LogP contribution is 2.38. The number of carbonyl (C=O) groups is 2. The summed E-state index contributed by atoms with van der Waals surface area (Å²) in [7, 11) is 0. The van der Waals surface area contributed by atoms with Crippen LogP contribution in [0.5, 0.6) is 0 Å². The third kappa shape index (κ3) is 5.25. The number of nitrogens with zero attached hydrogens (tertiary/aromatic N) is 1. The normalized spacial score (nSPS) is 21.6. The van der Waals surface area contributed by atoms with Crippen molar-refractivity contribution in [3.05, 3.63) is 53.5 Å². The van der Waals surface area contributed by atoms with E-state index in [0.29, 0.717) is 29.5 Å². The van der Waals surface area contributed by atoms with Crippen LogP contribution in [-0.2, 0) is 22.6 Å². The van der Waals surface area contributed by atoms with E-state index in [1.165, 1.54) is 0 Å². The summed E-state index contributed by atoms with van der Waals surface area (Å²) in [5, 5.41) is 5.77. The van der Waals surface area contributed by atoms with Gasteiger partial charge in [-0.15, -0.1) is 0 Å². The van der Waals surface area contributed by atoms with Gasteiger partial charge in [0.15, 0.2) is 0 Å². The monoisotopic (exact) mass is 397 g/mol. The van der Waals surface area contributed by atoms with Crippen LogP contribution in [0.3, 0.4) is 0 Å². The van der Waals surface area contributed by atoms with Gasteiger partial charge in [-0.3, -0.25) is 14.5 Å². The number of anilines is 1. The zero-order valence-corrected chi connectivity index (χ0v) is 16.6. The van der Waals surface area contributed by atoms with Crippen LogP contribution in [-0.4, -0.2) is 43.0 Å². The van der Waals surface area contributed by atoms with Crippen LogP contribution in [0.2, 0.25) is 0 Å². The predicted molar refractivity (Wildman–Crippen MR) is 108 cm³/mol. The molecule has 0 spiro atoms. The number of benzene rings is 1. The Morgan fingerprint density at radius 2 is 1.90 bits per heavy atom. The van der Waals surface area contributed by atoms with Crippen molar-refractivity contribution in [3.8, 4) is 0 Å². The first-order valence-electron chi connectivity index (χ1n) is 10.2. The van der Waals surface area contributed by atoms with Crippen molar-refractivity contribution >= 4 is 17.5 Å². The topological polar surface area (TPSA) is 83.8 Å². The Morgan fingerprint density at radius 1 is 1.14 bits per heavy atom. The summed E-state index contributed by atoms with van der Waals surface area (Å²) in [6.45, 7) is 6.44. The SMILES string of the molecule is CC1CC1C(=O)Nc1cccc(C(=O)NCc2ccc(CN3CCOCC3)o2)c1. The fourth-order valence-electron chi connectivity index (χ4n) is 3.51. The number of hydrogen-bond acceptors (Lipinski definition) is 5. The molecule has 29 heavy (non-hydrogen) atoms. The van der Waals surface area contributed by atoms with Gasteiger partial charge in [0.05, 0.1) is 26.3 Å². The Balaban J connectivity index is 1.28. The van der Waals surface area contributed by atoms with Crippen molar-refractivity contribution in [2.45, 2.75) is 26.4 Å². The molecule has 2 atom stereocenters. The third-order valence-electron chi connectivity index (χ3n) is 5.46. The molecule has 1 aliphatic carbocycles. The average Bonchev–Trinajstić information content (AvgIpc) is 3.30. The van der Waals surface area contributed by atoms with Crippen molar-refractivity contribution in [2.75, 3.05) is 31.6 Å². The molecule has 0 radical (unpaired) electrons. The largest absolute Gasteiger partial charge is 0.463 e. The molecule has 1 aliphatic heterocycles. The first-order chi connectivity index (χ1) is 14.1. The van der Waals surface area contributed by atoms with Gasteiger partial charge < -0.3 is 19.8 Å². The lowest BCUT2D eigenvalue weighted by Crippen LogP contribution is -2.35. The molecule has 4 rings (SSSR count). The standard InChI is InChI=1S/C22H27N3O4/c1-15-11-20(15)22(27)24-17-4-2-3-16(12-17)21(26)23-13-18-5-6-19(29-18)14-25-7-9-28-10-8-25/h2-6,12,15,20H,7-11,13-14H2,1H3,(H,23,26)(H,24,27). The van der Waals surface area contributed by atoms with Crippen LogP contribution in [0, 0.1) is 11.8 Å². The molecule has 2 amide bonds. The number of morpholine rings is 1. The summed E-state index contributed by atoms with van der Waals surface area (Å²) >= 11 is 0. The van der Waals surface area contributed by atoms with Crippen molar-refractivity contribution < 1.29 is 18.7 Å². The molecule has 1 saturated carbocycles. The highest BCUT2D eigenvalue weighted by atomic mass is 16.5. The smallest absolute Gasteiger partial charge is 0.251 e. The van der Waals surface area contributed by atoms with Gasteiger partial charge >= 0.3 is 0 Å². The summed E-state index contributed by atoms with van der Waals surface area (Å²) in [5.41, 5.74) is 1.15. The van der Waals surface area contributed by atoms with E-state index in [4.69, 9.17) is 9.15 Å². The second-order valence-electron chi connectivity index (χ2n) is 7.83. The van der Waals surface area contributed by atoms with Gasteiger partial charge in [-0.2, -0.15) is 0 Å². The maximum atomic E-state index is 12.5. The minimum absolute atomic E-state index is 0.0263. The summed E-state index contributed by atoms with van der Waals surface area (Å²) in [6, 6.07) is 10.8. The Kier molecular flexibility index (Phi) is 5.97. The van der Waals surface area contributed by atoms with Crippen LogP contribution in [0.15, 0.2) is 40.8 Å².